The van der Waals surface area contributed by atoms with Crippen LogP contribution in [0.1, 0.15) is 54.5 Å². The van der Waals surface area contributed by atoms with Crippen molar-refractivity contribution in [3.63, 3.8) is 0 Å². The molecule has 0 saturated heterocycles. The summed E-state index contributed by atoms with van der Waals surface area (Å²) in [4.78, 5) is 25.8. The number of carbonyl (C=O) groups excluding carboxylic acids is 1. The molecule has 1 aromatic heterocycles. The smallest absolute Gasteiger partial charge is 0.307 e. The number of nitrogens with zero attached hydrogens (tertiary/aromatic N) is 1. The molecule has 6 heteroatoms. The van der Waals surface area contributed by atoms with Crippen LogP contribution in [0, 0.1) is 35.0 Å². The molecule has 1 amide bonds. The van der Waals surface area contributed by atoms with E-state index >= 15 is 0 Å². The number of rotatable bonds is 3. The van der Waals surface area contributed by atoms with E-state index in [2.05, 4.69) is 11.4 Å². The number of hydrogen-bond acceptors (Lipinski definition) is 4. The molecule has 1 aromatic rings. The van der Waals surface area contributed by atoms with E-state index in [9.17, 15) is 20.0 Å². The fourth-order valence-electron chi connectivity index (χ4n) is 5.17. The Bertz CT molecular complexity index is 763. The molecule has 4 atom stereocenters. The second kappa shape index (κ2) is 6.45. The van der Waals surface area contributed by atoms with Crippen molar-refractivity contribution < 1.29 is 14.7 Å². The number of aryl methyl sites for hydroxylation is 1. The number of fused-ring (bicyclic) bond motifs is 3. The molecule has 2 N–H and O–H groups in total. The number of nitrogens with one attached hydrogen (secondary N) is 1. The monoisotopic (exact) mass is 358 g/mol. The number of nitriles is 1. The van der Waals surface area contributed by atoms with Gasteiger partial charge in [0.15, 0.2) is 0 Å². The lowest BCUT2D eigenvalue weighted by atomic mass is 9.79. The van der Waals surface area contributed by atoms with Gasteiger partial charge in [-0.05, 0) is 62.3 Å². The summed E-state index contributed by atoms with van der Waals surface area (Å²) in [5, 5.41) is 22.7. The molecule has 0 unspecified atom stereocenters. The Labute approximate surface area is 151 Å². The van der Waals surface area contributed by atoms with Crippen LogP contribution in [0.25, 0.3) is 0 Å². The summed E-state index contributed by atoms with van der Waals surface area (Å²) in [6.45, 7) is 0. The van der Waals surface area contributed by atoms with Crippen molar-refractivity contribution in [3.05, 3.63) is 16.0 Å². The number of aliphatic carboxylic acids is 1. The second-order valence-corrected chi connectivity index (χ2v) is 8.70. The van der Waals surface area contributed by atoms with Crippen molar-refractivity contribution in [1.29, 1.82) is 5.26 Å². The molecule has 5 nitrogen and oxygen atoms in total. The van der Waals surface area contributed by atoms with Crippen molar-refractivity contribution >= 4 is 28.2 Å². The minimum absolute atomic E-state index is 0.133. The molecule has 2 bridgehead atoms. The highest BCUT2D eigenvalue weighted by Gasteiger charge is 2.54. The van der Waals surface area contributed by atoms with Crippen molar-refractivity contribution in [2.45, 2.75) is 51.4 Å². The van der Waals surface area contributed by atoms with Gasteiger partial charge in [0.05, 0.1) is 17.4 Å². The van der Waals surface area contributed by atoms with Crippen molar-refractivity contribution in [2.24, 2.45) is 23.7 Å². The quantitative estimate of drug-likeness (QED) is 0.808. The Balaban J connectivity index is 1.59. The van der Waals surface area contributed by atoms with Gasteiger partial charge in [-0.15, -0.1) is 11.3 Å². The first-order valence-corrected chi connectivity index (χ1v) is 10.00. The van der Waals surface area contributed by atoms with Crippen LogP contribution in [0.5, 0.6) is 0 Å². The van der Waals surface area contributed by atoms with Gasteiger partial charge < -0.3 is 10.4 Å². The fraction of sp³-hybridized carbons (Fsp3) is 0.632. The Kier molecular flexibility index (Phi) is 4.28. The molecule has 132 valence electrons. The number of carboxylic acid groups (broad SMARTS) is 1. The van der Waals surface area contributed by atoms with E-state index in [0.717, 1.165) is 50.5 Å². The van der Waals surface area contributed by atoms with Gasteiger partial charge in [0.1, 0.15) is 11.1 Å². The van der Waals surface area contributed by atoms with Gasteiger partial charge in [-0.1, -0.05) is 6.42 Å². The lowest BCUT2D eigenvalue weighted by Gasteiger charge is -2.26. The lowest BCUT2D eigenvalue weighted by molar-refractivity contribution is -0.148. The van der Waals surface area contributed by atoms with Crippen LogP contribution in [0.4, 0.5) is 5.00 Å². The number of hydrogen-bond donors (Lipinski definition) is 2. The summed E-state index contributed by atoms with van der Waals surface area (Å²) >= 11 is 1.51. The number of carbonyl (C=O) groups is 2. The van der Waals surface area contributed by atoms with Crippen LogP contribution in [-0.4, -0.2) is 17.0 Å². The van der Waals surface area contributed by atoms with Crippen LogP contribution >= 0.6 is 11.3 Å². The summed E-state index contributed by atoms with van der Waals surface area (Å²) in [6, 6.07) is 2.27. The number of thiophene rings is 1. The number of anilines is 1. The van der Waals surface area contributed by atoms with Crippen molar-refractivity contribution in [1.82, 2.24) is 0 Å². The van der Waals surface area contributed by atoms with Gasteiger partial charge in [-0.25, -0.2) is 0 Å². The van der Waals surface area contributed by atoms with Crippen LogP contribution < -0.4 is 5.32 Å². The molecule has 0 radical (unpaired) electrons. The summed E-state index contributed by atoms with van der Waals surface area (Å²) in [6.07, 6.45) is 7.96. The maximum atomic E-state index is 12.9. The summed E-state index contributed by atoms with van der Waals surface area (Å²) in [5.74, 6) is -1.77. The normalized spacial score (nSPS) is 30.4. The predicted molar refractivity (Wildman–Crippen MR) is 94.4 cm³/mol. The van der Waals surface area contributed by atoms with Gasteiger partial charge >= 0.3 is 5.97 Å². The predicted octanol–water partition coefficient (Wildman–Crippen LogP) is 3.57. The third kappa shape index (κ3) is 2.75. The topological polar surface area (TPSA) is 90.2 Å². The highest BCUT2D eigenvalue weighted by molar-refractivity contribution is 7.16. The van der Waals surface area contributed by atoms with Crippen LogP contribution in [0.15, 0.2) is 0 Å². The zero-order chi connectivity index (χ0) is 17.6. The molecule has 3 aliphatic rings. The standard InChI is InChI=1S/C19H22N2O3S/c20-9-13-12-4-2-1-3-5-14(12)25-18(13)21-17(22)15-10-6-7-11(8-10)16(15)19(23)24/h10-11,15-16H,1-8H2,(H,21,22)(H,23,24)/t10-,11-,15-,16-/m0/s1. The largest absolute Gasteiger partial charge is 0.481 e. The van der Waals surface area contributed by atoms with E-state index < -0.39 is 17.8 Å². The Hall–Kier alpha value is -1.87. The van der Waals surface area contributed by atoms with Crippen LogP contribution in [0.3, 0.4) is 0 Å². The molecule has 0 aliphatic heterocycles. The molecular formula is C19H22N2O3S. The Morgan fingerprint density at radius 3 is 2.56 bits per heavy atom. The molecule has 4 rings (SSSR count). The molecule has 0 aromatic carbocycles. The highest BCUT2D eigenvalue weighted by Crippen LogP contribution is 2.53. The molecule has 2 fully saturated rings. The SMILES string of the molecule is N#Cc1c(NC(=O)[C@H]2[C@H]3CC[C@@H](C3)[C@@H]2C(=O)O)sc2c1CCCCC2. The van der Waals surface area contributed by atoms with E-state index in [0.29, 0.717) is 10.6 Å². The lowest BCUT2D eigenvalue weighted by Crippen LogP contribution is -2.37. The van der Waals surface area contributed by atoms with Gasteiger partial charge in [0, 0.05) is 4.88 Å². The minimum atomic E-state index is -0.852. The first kappa shape index (κ1) is 16.6. The van der Waals surface area contributed by atoms with Crippen molar-refractivity contribution in [3.8, 4) is 6.07 Å². The highest BCUT2D eigenvalue weighted by atomic mass is 32.1. The average Bonchev–Trinajstić information content (AvgIpc) is 3.23. The molecule has 25 heavy (non-hydrogen) atoms. The summed E-state index contributed by atoms with van der Waals surface area (Å²) in [5.41, 5.74) is 1.70. The van der Waals surface area contributed by atoms with Gasteiger partial charge in [-0.2, -0.15) is 5.26 Å². The third-order valence-electron chi connectivity index (χ3n) is 6.27. The van der Waals surface area contributed by atoms with Gasteiger partial charge in [0.25, 0.3) is 0 Å². The average molecular weight is 358 g/mol. The zero-order valence-electron chi connectivity index (χ0n) is 14.1. The molecule has 0 spiro atoms. The number of amides is 1. The first-order valence-electron chi connectivity index (χ1n) is 9.18. The van der Waals surface area contributed by atoms with Crippen LogP contribution in [0.2, 0.25) is 0 Å². The number of carboxylic acids is 1. The van der Waals surface area contributed by atoms with Crippen molar-refractivity contribution in [2.75, 3.05) is 5.32 Å². The third-order valence-corrected chi connectivity index (χ3v) is 7.48. The van der Waals surface area contributed by atoms with E-state index in [1.165, 1.54) is 22.6 Å². The van der Waals surface area contributed by atoms with Gasteiger partial charge in [-0.3, -0.25) is 9.59 Å². The first-order chi connectivity index (χ1) is 12.1. The van der Waals surface area contributed by atoms with Crippen LogP contribution in [-0.2, 0) is 22.4 Å². The zero-order valence-corrected chi connectivity index (χ0v) is 14.9. The minimum Gasteiger partial charge on any atom is -0.481 e. The molecular weight excluding hydrogens is 336 g/mol. The second-order valence-electron chi connectivity index (χ2n) is 7.59. The molecule has 2 saturated carbocycles. The van der Waals surface area contributed by atoms with E-state index in [1.807, 2.05) is 0 Å². The fourth-order valence-corrected chi connectivity index (χ4v) is 6.41. The van der Waals surface area contributed by atoms with E-state index in [-0.39, 0.29) is 17.7 Å². The maximum Gasteiger partial charge on any atom is 0.307 e. The Morgan fingerprint density at radius 1 is 1.12 bits per heavy atom. The van der Waals surface area contributed by atoms with Gasteiger partial charge in [0.2, 0.25) is 5.91 Å². The van der Waals surface area contributed by atoms with E-state index in [1.54, 1.807) is 0 Å². The maximum absolute atomic E-state index is 12.9. The molecule has 1 heterocycles. The summed E-state index contributed by atoms with van der Waals surface area (Å²) in [7, 11) is 0. The Morgan fingerprint density at radius 2 is 1.84 bits per heavy atom. The molecule has 3 aliphatic carbocycles. The van der Waals surface area contributed by atoms with E-state index in [4.69, 9.17) is 0 Å². The summed E-state index contributed by atoms with van der Waals surface area (Å²) < 4.78 is 0.